The summed E-state index contributed by atoms with van der Waals surface area (Å²) in [6.07, 6.45) is 5.18. The Hall–Kier alpha value is -1.62. The molecule has 2 heterocycles. The van der Waals surface area contributed by atoms with Crippen molar-refractivity contribution >= 4 is 27.4 Å². The zero-order chi connectivity index (χ0) is 10.5. The van der Waals surface area contributed by atoms with E-state index in [0.717, 1.165) is 16.0 Å². The van der Waals surface area contributed by atoms with Crippen LogP contribution in [0.3, 0.4) is 0 Å². The van der Waals surface area contributed by atoms with Crippen molar-refractivity contribution in [3.05, 3.63) is 47.3 Å². The number of anilines is 2. The molecule has 0 fully saturated rings. The van der Waals surface area contributed by atoms with Crippen molar-refractivity contribution in [3.63, 3.8) is 0 Å². The Bertz CT molecular complexity index is 415. The molecule has 0 atom stereocenters. The van der Waals surface area contributed by atoms with Crippen LogP contribution in [0, 0.1) is 0 Å². The fraction of sp³-hybridized carbons (Fsp3) is 0. The molecule has 0 aliphatic rings. The van der Waals surface area contributed by atoms with E-state index in [1.54, 1.807) is 18.6 Å². The largest absolute Gasteiger partial charge is 0.300 e. The minimum atomic E-state index is 0.759. The number of nitrogens with one attached hydrogen (secondary N) is 2. The Balaban J connectivity index is 1.96. The highest BCUT2D eigenvalue weighted by Gasteiger charge is 1.92. The lowest BCUT2D eigenvalue weighted by Gasteiger charge is -2.07. The number of rotatable bonds is 3. The standard InChI is InChI=1S/C10H9BrN4/c11-8-1-2-10(13-7-8)15-14-9-3-5-12-6-4-9/h1-7H,(H,12,14)(H,13,15). The van der Waals surface area contributed by atoms with Crippen LogP contribution in [0.1, 0.15) is 0 Å². The predicted octanol–water partition coefficient (Wildman–Crippen LogP) is 2.68. The summed E-state index contributed by atoms with van der Waals surface area (Å²) in [4.78, 5) is 8.08. The number of hydrogen-bond acceptors (Lipinski definition) is 4. The molecule has 0 saturated carbocycles. The first-order valence-electron chi connectivity index (χ1n) is 4.38. The molecule has 0 unspecified atom stereocenters. The van der Waals surface area contributed by atoms with E-state index in [2.05, 4.69) is 36.7 Å². The molecule has 2 N–H and O–H groups in total. The zero-order valence-electron chi connectivity index (χ0n) is 7.81. The van der Waals surface area contributed by atoms with Crippen LogP contribution in [0.5, 0.6) is 0 Å². The highest BCUT2D eigenvalue weighted by molar-refractivity contribution is 9.10. The van der Waals surface area contributed by atoms with Gasteiger partial charge in [-0.2, -0.15) is 0 Å². The summed E-state index contributed by atoms with van der Waals surface area (Å²) in [6.45, 7) is 0. The van der Waals surface area contributed by atoms with Crippen LogP contribution in [-0.4, -0.2) is 9.97 Å². The summed E-state index contributed by atoms with van der Waals surface area (Å²) in [7, 11) is 0. The van der Waals surface area contributed by atoms with E-state index < -0.39 is 0 Å². The normalized spacial score (nSPS) is 9.67. The fourth-order valence-electron chi connectivity index (χ4n) is 1.02. The minimum absolute atomic E-state index is 0.759. The summed E-state index contributed by atoms with van der Waals surface area (Å²) >= 11 is 3.32. The number of hydrogen-bond donors (Lipinski definition) is 2. The number of hydrazine groups is 1. The molecule has 4 nitrogen and oxygen atoms in total. The zero-order valence-corrected chi connectivity index (χ0v) is 9.40. The highest BCUT2D eigenvalue weighted by Crippen LogP contribution is 2.11. The molecule has 0 aliphatic heterocycles. The molecule has 2 aromatic heterocycles. The molecule has 2 aromatic rings. The third-order valence-corrected chi connectivity index (χ3v) is 2.21. The van der Waals surface area contributed by atoms with E-state index in [1.807, 2.05) is 24.3 Å². The van der Waals surface area contributed by atoms with Crippen LogP contribution in [0.15, 0.2) is 47.3 Å². The Labute approximate surface area is 95.9 Å². The van der Waals surface area contributed by atoms with Gasteiger partial charge in [-0.3, -0.25) is 15.8 Å². The summed E-state index contributed by atoms with van der Waals surface area (Å²) in [5.74, 6) is 0.759. The van der Waals surface area contributed by atoms with Crippen molar-refractivity contribution in [2.75, 3.05) is 10.9 Å². The van der Waals surface area contributed by atoms with Gasteiger partial charge >= 0.3 is 0 Å². The van der Waals surface area contributed by atoms with Gasteiger partial charge in [0, 0.05) is 23.1 Å². The molecule has 76 valence electrons. The van der Waals surface area contributed by atoms with E-state index in [9.17, 15) is 0 Å². The van der Waals surface area contributed by atoms with E-state index in [1.165, 1.54) is 0 Å². The van der Waals surface area contributed by atoms with Crippen LogP contribution < -0.4 is 10.9 Å². The smallest absolute Gasteiger partial charge is 0.144 e. The van der Waals surface area contributed by atoms with Crippen molar-refractivity contribution in [2.24, 2.45) is 0 Å². The first kappa shape index (κ1) is 9.92. The van der Waals surface area contributed by atoms with E-state index in [-0.39, 0.29) is 0 Å². The second-order valence-electron chi connectivity index (χ2n) is 2.85. The van der Waals surface area contributed by atoms with E-state index in [0.29, 0.717) is 0 Å². The number of aromatic nitrogens is 2. The molecule has 0 aromatic carbocycles. The third-order valence-electron chi connectivity index (χ3n) is 1.74. The Kier molecular flexibility index (Phi) is 3.14. The molecule has 2 rings (SSSR count). The average molecular weight is 265 g/mol. The van der Waals surface area contributed by atoms with Gasteiger partial charge in [0.2, 0.25) is 0 Å². The molecule has 0 amide bonds. The molecule has 5 heteroatoms. The molecule has 0 spiro atoms. The van der Waals surface area contributed by atoms with Crippen LogP contribution in [0.2, 0.25) is 0 Å². The fourth-order valence-corrected chi connectivity index (χ4v) is 1.26. The molecular weight excluding hydrogens is 256 g/mol. The van der Waals surface area contributed by atoms with Gasteiger partial charge < -0.3 is 0 Å². The molecule has 0 aliphatic carbocycles. The maximum Gasteiger partial charge on any atom is 0.144 e. The lowest BCUT2D eigenvalue weighted by Crippen LogP contribution is -2.09. The van der Waals surface area contributed by atoms with Gasteiger partial charge in [0.05, 0.1) is 5.69 Å². The molecule has 0 bridgehead atoms. The lowest BCUT2D eigenvalue weighted by atomic mass is 10.4. The van der Waals surface area contributed by atoms with Gasteiger partial charge in [-0.1, -0.05) is 0 Å². The second kappa shape index (κ2) is 4.75. The maximum atomic E-state index is 4.16. The van der Waals surface area contributed by atoms with Gasteiger partial charge in [-0.25, -0.2) is 4.98 Å². The predicted molar refractivity (Wildman–Crippen MR) is 63.4 cm³/mol. The summed E-state index contributed by atoms with van der Waals surface area (Å²) in [5.41, 5.74) is 6.93. The van der Waals surface area contributed by atoms with Gasteiger partial charge in [0.15, 0.2) is 0 Å². The highest BCUT2D eigenvalue weighted by atomic mass is 79.9. The minimum Gasteiger partial charge on any atom is -0.300 e. The molecule has 0 saturated heterocycles. The number of pyridine rings is 2. The first-order valence-corrected chi connectivity index (χ1v) is 5.17. The quantitative estimate of drug-likeness (QED) is 0.838. The van der Waals surface area contributed by atoms with Gasteiger partial charge in [-0.15, -0.1) is 0 Å². The first-order chi connectivity index (χ1) is 7.34. The Morgan fingerprint density at radius 1 is 1.00 bits per heavy atom. The van der Waals surface area contributed by atoms with Gasteiger partial charge in [-0.05, 0) is 40.2 Å². The van der Waals surface area contributed by atoms with Crippen LogP contribution in [-0.2, 0) is 0 Å². The maximum absolute atomic E-state index is 4.16. The number of nitrogens with zero attached hydrogens (tertiary/aromatic N) is 2. The summed E-state index contributed by atoms with van der Waals surface area (Å²) in [6, 6.07) is 7.53. The summed E-state index contributed by atoms with van der Waals surface area (Å²) in [5, 5.41) is 0. The van der Waals surface area contributed by atoms with Crippen molar-refractivity contribution in [2.45, 2.75) is 0 Å². The number of halogens is 1. The Morgan fingerprint density at radius 2 is 1.80 bits per heavy atom. The van der Waals surface area contributed by atoms with Crippen LogP contribution in [0.4, 0.5) is 11.5 Å². The Morgan fingerprint density at radius 3 is 2.47 bits per heavy atom. The van der Waals surface area contributed by atoms with E-state index >= 15 is 0 Å². The monoisotopic (exact) mass is 264 g/mol. The topological polar surface area (TPSA) is 49.8 Å². The van der Waals surface area contributed by atoms with Crippen LogP contribution in [0.25, 0.3) is 0 Å². The lowest BCUT2D eigenvalue weighted by molar-refractivity contribution is 1.24. The van der Waals surface area contributed by atoms with Crippen LogP contribution >= 0.6 is 15.9 Å². The van der Waals surface area contributed by atoms with Gasteiger partial charge in [0.1, 0.15) is 5.82 Å². The van der Waals surface area contributed by atoms with Crippen molar-refractivity contribution in [1.29, 1.82) is 0 Å². The molecule has 15 heavy (non-hydrogen) atoms. The summed E-state index contributed by atoms with van der Waals surface area (Å²) < 4.78 is 0.956. The third kappa shape index (κ3) is 2.92. The van der Waals surface area contributed by atoms with Gasteiger partial charge in [0.25, 0.3) is 0 Å². The van der Waals surface area contributed by atoms with E-state index in [4.69, 9.17) is 0 Å². The average Bonchev–Trinajstić information content (AvgIpc) is 2.30. The van der Waals surface area contributed by atoms with Crippen molar-refractivity contribution in [3.8, 4) is 0 Å². The molecule has 0 radical (unpaired) electrons. The van der Waals surface area contributed by atoms with Crippen molar-refractivity contribution < 1.29 is 0 Å². The van der Waals surface area contributed by atoms with Crippen molar-refractivity contribution in [1.82, 2.24) is 9.97 Å². The second-order valence-corrected chi connectivity index (χ2v) is 3.76. The SMILES string of the molecule is Brc1ccc(NNc2ccncc2)nc1. The molecular formula is C10H9BrN4.